The average molecular weight is 459 g/mol. The van der Waals surface area contributed by atoms with E-state index in [9.17, 15) is 9.36 Å². The van der Waals surface area contributed by atoms with Crippen molar-refractivity contribution in [2.24, 2.45) is 0 Å². The van der Waals surface area contributed by atoms with Crippen LogP contribution in [0.3, 0.4) is 0 Å². The van der Waals surface area contributed by atoms with Crippen molar-refractivity contribution in [3.05, 3.63) is 89.2 Å². The van der Waals surface area contributed by atoms with Crippen molar-refractivity contribution in [1.29, 1.82) is 0 Å². The fourth-order valence-corrected chi connectivity index (χ4v) is 6.47. The van der Waals surface area contributed by atoms with E-state index in [2.05, 4.69) is 4.57 Å². The summed E-state index contributed by atoms with van der Waals surface area (Å²) in [6, 6.07) is 20.4. The smallest absolute Gasteiger partial charge is 0.254 e. The van der Waals surface area contributed by atoms with E-state index >= 15 is 0 Å². The molecule has 5 nitrogen and oxygen atoms in total. The van der Waals surface area contributed by atoms with Crippen molar-refractivity contribution < 1.29 is 13.5 Å². The number of carbonyl (C=O) groups is 1. The zero-order chi connectivity index (χ0) is 25.4. The Balaban J connectivity index is 1.58. The van der Waals surface area contributed by atoms with Crippen molar-refractivity contribution in [3.63, 3.8) is 0 Å². The summed E-state index contributed by atoms with van der Waals surface area (Å²) in [5.41, 5.74) is 5.78. The highest BCUT2D eigenvalue weighted by Crippen LogP contribution is 2.49. The Morgan fingerprint density at radius 3 is 2.52 bits per heavy atom. The summed E-state index contributed by atoms with van der Waals surface area (Å²) in [6.45, 7) is 0.959. The van der Waals surface area contributed by atoms with Gasteiger partial charge in [-0.2, -0.15) is 0 Å². The van der Waals surface area contributed by atoms with Gasteiger partial charge in [-0.15, -0.1) is 0 Å². The molecule has 0 radical (unpaired) electrons. The molecule has 1 amide bonds. The number of hydrogen-bond donors (Lipinski definition) is 0. The van der Waals surface area contributed by atoms with Gasteiger partial charge in [0.2, 0.25) is 0 Å². The van der Waals surface area contributed by atoms with E-state index in [4.69, 9.17) is 9.10 Å². The summed E-state index contributed by atoms with van der Waals surface area (Å²) in [5.74, 6) is 0.121. The van der Waals surface area contributed by atoms with Crippen LogP contribution in [0.5, 0.6) is 0 Å². The molecule has 0 saturated heterocycles. The Morgan fingerprint density at radius 2 is 1.76 bits per heavy atom. The Bertz CT molecular complexity index is 1570. The Labute approximate surface area is 197 Å². The topological polar surface area (TPSA) is 55.2 Å². The molecule has 0 N–H and O–H groups in total. The number of imidazole rings is 1. The molecule has 2 atom stereocenters. The van der Waals surface area contributed by atoms with Crippen molar-refractivity contribution in [2.45, 2.75) is 24.7 Å². The molecule has 1 aromatic heterocycles. The van der Waals surface area contributed by atoms with Gasteiger partial charge in [0.25, 0.3) is 5.91 Å². The van der Waals surface area contributed by atoms with Crippen molar-refractivity contribution in [3.8, 4) is 11.1 Å². The van der Waals surface area contributed by atoms with Gasteiger partial charge in [-0.3, -0.25) is 4.79 Å². The minimum atomic E-state index is -2.60. The molecule has 0 spiro atoms. The number of hydrogen-bond acceptors (Lipinski definition) is 3. The summed E-state index contributed by atoms with van der Waals surface area (Å²) < 4.78 is 39.1. The van der Waals surface area contributed by atoms with E-state index < -0.39 is 26.1 Å². The summed E-state index contributed by atoms with van der Waals surface area (Å²) in [4.78, 5) is 19.6. The van der Waals surface area contributed by atoms with Crippen LogP contribution in [-0.2, 0) is 10.7 Å². The van der Waals surface area contributed by atoms with Crippen molar-refractivity contribution >= 4 is 24.1 Å². The minimum absolute atomic E-state index is 0.230. The zero-order valence-electron chi connectivity index (χ0n) is 21.5. The second kappa shape index (κ2) is 7.16. The molecule has 33 heavy (non-hydrogen) atoms. The first kappa shape index (κ1) is 17.3. The molecular formula is C27H26N3O2P. The Morgan fingerprint density at radius 1 is 1.00 bits per heavy atom. The minimum Gasteiger partial charge on any atom is -0.331 e. The number of para-hydroxylation sites is 2. The molecule has 0 saturated carbocycles. The predicted molar refractivity (Wildman–Crippen MR) is 132 cm³/mol. The normalized spacial score (nSPS) is 21.2. The summed E-state index contributed by atoms with van der Waals surface area (Å²) >= 11 is 0. The third-order valence-electron chi connectivity index (χ3n) is 6.71. The quantitative estimate of drug-likeness (QED) is 0.357. The lowest BCUT2D eigenvalue weighted by Gasteiger charge is -2.25. The van der Waals surface area contributed by atoms with Crippen LogP contribution in [0.15, 0.2) is 66.7 Å². The highest BCUT2D eigenvalue weighted by atomic mass is 31.2. The van der Waals surface area contributed by atoms with Crippen molar-refractivity contribution in [2.75, 3.05) is 20.3 Å². The van der Waals surface area contributed by atoms with Gasteiger partial charge < -0.3 is 14.0 Å². The van der Waals surface area contributed by atoms with Gasteiger partial charge in [0.1, 0.15) is 5.82 Å². The molecule has 6 rings (SSSR count). The van der Waals surface area contributed by atoms with Crippen LogP contribution in [-0.4, -0.2) is 40.7 Å². The van der Waals surface area contributed by atoms with Gasteiger partial charge >= 0.3 is 0 Å². The fraction of sp³-hybridized carbons (Fsp3) is 0.259. The standard InChI is InChI=1S/C27H26N3O2P/c1-29-24-15-23(30-22-10-5-4-9-21(22)28-26(24)30)25-19(7-6-8-20(25)27(29)31)18-13-11-17(12-14-18)16-33(2,3)32/h4-14,23-24H,15-16H2,1-3H3/i1D3. The molecule has 2 unspecified atom stereocenters. The maximum absolute atomic E-state index is 13.8. The molecule has 2 bridgehead atoms. The first-order chi connectivity index (χ1) is 17.0. The van der Waals surface area contributed by atoms with Gasteiger partial charge in [0.05, 0.1) is 30.3 Å². The highest BCUT2D eigenvalue weighted by Gasteiger charge is 2.44. The first-order valence-corrected chi connectivity index (χ1v) is 13.9. The second-order valence-electron chi connectivity index (χ2n) is 9.47. The number of carbonyl (C=O) groups excluding carboxylic acids is 1. The van der Waals surface area contributed by atoms with Gasteiger partial charge in [0.15, 0.2) is 0 Å². The lowest BCUT2D eigenvalue weighted by Crippen LogP contribution is -2.30. The monoisotopic (exact) mass is 458 g/mol. The molecule has 0 fully saturated rings. The lowest BCUT2D eigenvalue weighted by atomic mass is 9.89. The molecule has 2 aliphatic rings. The van der Waals surface area contributed by atoms with Crippen LogP contribution in [0, 0.1) is 0 Å². The maximum Gasteiger partial charge on any atom is 0.254 e. The van der Waals surface area contributed by atoms with Crippen LogP contribution in [0.2, 0.25) is 0 Å². The Kier molecular flexibility index (Phi) is 3.76. The third-order valence-corrected chi connectivity index (χ3v) is 7.83. The largest absolute Gasteiger partial charge is 0.331 e. The number of rotatable bonds is 3. The maximum atomic E-state index is 13.8. The van der Waals surface area contributed by atoms with E-state index in [1.807, 2.05) is 60.7 Å². The van der Waals surface area contributed by atoms with Crippen LogP contribution >= 0.6 is 7.14 Å². The first-order valence-electron chi connectivity index (χ1n) is 12.6. The van der Waals surface area contributed by atoms with E-state index in [0.29, 0.717) is 24.0 Å². The summed E-state index contributed by atoms with van der Waals surface area (Å²) in [6.07, 6.45) is 0.981. The number of nitrogens with zero attached hydrogens (tertiary/aromatic N) is 3. The van der Waals surface area contributed by atoms with Crippen LogP contribution in [0.25, 0.3) is 22.2 Å². The van der Waals surface area contributed by atoms with Gasteiger partial charge in [-0.05, 0) is 53.8 Å². The molecule has 0 aliphatic carbocycles. The summed E-state index contributed by atoms with van der Waals surface area (Å²) in [5, 5.41) is 0. The van der Waals surface area contributed by atoms with Crippen molar-refractivity contribution in [1.82, 2.24) is 14.5 Å². The van der Waals surface area contributed by atoms with Gasteiger partial charge in [0, 0.05) is 29.2 Å². The number of amides is 1. The highest BCUT2D eigenvalue weighted by molar-refractivity contribution is 7.61. The van der Waals surface area contributed by atoms with Gasteiger partial charge in [-0.1, -0.05) is 48.5 Å². The Hall–Kier alpha value is -3.17. The SMILES string of the molecule is [2H]C([2H])([2H])N1C(=O)c2cccc(-c3ccc(CP(C)(C)=O)cc3)c2C2CC1c1nc3ccccc3n12. The fourth-order valence-electron chi connectivity index (χ4n) is 5.38. The third kappa shape index (κ3) is 3.18. The summed E-state index contributed by atoms with van der Waals surface area (Å²) in [7, 11) is -2.21. The molecule has 2 aliphatic heterocycles. The molecule has 6 heteroatoms. The van der Waals surface area contributed by atoms with Crippen LogP contribution < -0.4 is 0 Å². The van der Waals surface area contributed by atoms with E-state index in [0.717, 1.165) is 38.2 Å². The number of aromatic nitrogens is 2. The van der Waals surface area contributed by atoms with Crippen LogP contribution in [0.4, 0.5) is 0 Å². The van der Waals surface area contributed by atoms with E-state index in [1.165, 1.54) is 0 Å². The predicted octanol–water partition coefficient (Wildman–Crippen LogP) is 5.95. The molecule has 3 aromatic carbocycles. The molecule has 3 heterocycles. The second-order valence-corrected chi connectivity index (χ2v) is 12.9. The number of fused-ring (bicyclic) bond motifs is 9. The molecule has 4 aromatic rings. The average Bonchev–Trinajstić information content (AvgIpc) is 3.31. The molecular weight excluding hydrogens is 429 g/mol. The van der Waals surface area contributed by atoms with E-state index in [-0.39, 0.29) is 6.04 Å². The van der Waals surface area contributed by atoms with Crippen LogP contribution in [0.1, 0.15) is 49.9 Å². The zero-order valence-corrected chi connectivity index (χ0v) is 19.4. The lowest BCUT2D eigenvalue weighted by molar-refractivity contribution is 0.0734. The number of benzene rings is 3. The van der Waals surface area contributed by atoms with E-state index in [1.54, 1.807) is 19.4 Å². The van der Waals surface area contributed by atoms with Gasteiger partial charge in [-0.25, -0.2) is 4.98 Å². The molecule has 166 valence electrons.